The first kappa shape index (κ1) is 20.3. The SMILES string of the molecule is COC(=O)c1cn(C[C@H]2C[C@H]3CCN2C[C@H]3C(=O)NCc2ccccc2OC)nn1. The largest absolute Gasteiger partial charge is 0.496 e. The van der Waals surface area contributed by atoms with Crippen LogP contribution in [0.1, 0.15) is 28.9 Å². The minimum atomic E-state index is -0.487. The zero-order valence-electron chi connectivity index (χ0n) is 17.3. The van der Waals surface area contributed by atoms with E-state index in [1.165, 1.54) is 7.11 Å². The summed E-state index contributed by atoms with van der Waals surface area (Å²) in [5.41, 5.74) is 1.18. The molecule has 2 aromatic rings. The number of amides is 1. The molecule has 1 unspecified atom stereocenters. The van der Waals surface area contributed by atoms with E-state index in [1.54, 1.807) is 18.0 Å². The van der Waals surface area contributed by atoms with Crippen LogP contribution in [-0.4, -0.2) is 65.1 Å². The van der Waals surface area contributed by atoms with Gasteiger partial charge in [0, 0.05) is 24.7 Å². The maximum atomic E-state index is 12.9. The summed E-state index contributed by atoms with van der Waals surface area (Å²) >= 11 is 0. The molecule has 1 aromatic heterocycles. The molecule has 3 saturated heterocycles. The van der Waals surface area contributed by atoms with Gasteiger partial charge in [-0.05, 0) is 31.4 Å². The maximum Gasteiger partial charge on any atom is 0.360 e. The molecule has 4 atom stereocenters. The zero-order chi connectivity index (χ0) is 21.1. The van der Waals surface area contributed by atoms with Gasteiger partial charge in [0.05, 0.1) is 32.9 Å². The van der Waals surface area contributed by atoms with Crippen LogP contribution in [0.15, 0.2) is 30.5 Å². The van der Waals surface area contributed by atoms with Crippen LogP contribution >= 0.6 is 0 Å². The monoisotopic (exact) mass is 413 g/mol. The second-order valence-electron chi connectivity index (χ2n) is 7.89. The number of ether oxygens (including phenoxy) is 2. The highest BCUT2D eigenvalue weighted by atomic mass is 16.5. The fourth-order valence-electron chi connectivity index (χ4n) is 4.59. The average Bonchev–Trinajstić information content (AvgIpc) is 3.26. The van der Waals surface area contributed by atoms with E-state index in [0.717, 1.165) is 37.2 Å². The van der Waals surface area contributed by atoms with Crippen molar-refractivity contribution < 1.29 is 19.1 Å². The predicted molar refractivity (Wildman–Crippen MR) is 108 cm³/mol. The maximum absolute atomic E-state index is 12.9. The first-order valence-electron chi connectivity index (χ1n) is 10.2. The normalized spacial score (nSPS) is 25.0. The molecule has 9 heteroatoms. The van der Waals surface area contributed by atoms with Gasteiger partial charge in [-0.3, -0.25) is 14.4 Å². The lowest BCUT2D eigenvalue weighted by Gasteiger charge is -2.49. The Labute approximate surface area is 175 Å². The molecule has 2 bridgehead atoms. The van der Waals surface area contributed by atoms with E-state index in [-0.39, 0.29) is 23.6 Å². The van der Waals surface area contributed by atoms with Crippen LogP contribution in [0.25, 0.3) is 0 Å². The Morgan fingerprint density at radius 3 is 2.83 bits per heavy atom. The fourth-order valence-corrected chi connectivity index (χ4v) is 4.59. The van der Waals surface area contributed by atoms with Crippen LogP contribution in [0.5, 0.6) is 5.75 Å². The van der Waals surface area contributed by atoms with Crippen LogP contribution in [0.4, 0.5) is 0 Å². The molecule has 0 saturated carbocycles. The summed E-state index contributed by atoms with van der Waals surface area (Å²) in [5.74, 6) is 0.736. The summed E-state index contributed by atoms with van der Waals surface area (Å²) in [7, 11) is 2.96. The first-order chi connectivity index (χ1) is 14.6. The lowest BCUT2D eigenvalue weighted by molar-refractivity contribution is -0.133. The molecule has 3 aliphatic rings. The Kier molecular flexibility index (Phi) is 5.98. The number of hydrogen-bond donors (Lipinski definition) is 1. The van der Waals surface area contributed by atoms with E-state index < -0.39 is 5.97 Å². The Balaban J connectivity index is 1.34. The van der Waals surface area contributed by atoms with E-state index in [0.29, 0.717) is 19.0 Å². The molecule has 1 aromatic carbocycles. The van der Waals surface area contributed by atoms with Crippen molar-refractivity contribution in [1.82, 2.24) is 25.2 Å². The molecule has 3 fully saturated rings. The van der Waals surface area contributed by atoms with Crippen molar-refractivity contribution in [3.63, 3.8) is 0 Å². The van der Waals surface area contributed by atoms with Gasteiger partial charge >= 0.3 is 5.97 Å². The average molecular weight is 413 g/mol. The summed E-state index contributed by atoms with van der Waals surface area (Å²) in [5, 5.41) is 11.0. The molecular weight excluding hydrogens is 386 g/mol. The van der Waals surface area contributed by atoms with Crippen LogP contribution < -0.4 is 10.1 Å². The van der Waals surface area contributed by atoms with Crippen molar-refractivity contribution in [3.05, 3.63) is 41.7 Å². The van der Waals surface area contributed by atoms with Crippen LogP contribution in [-0.2, 0) is 22.6 Å². The second-order valence-corrected chi connectivity index (χ2v) is 7.89. The van der Waals surface area contributed by atoms with E-state index in [1.807, 2.05) is 24.3 Å². The van der Waals surface area contributed by atoms with Gasteiger partial charge in [-0.25, -0.2) is 4.79 Å². The van der Waals surface area contributed by atoms with Crippen molar-refractivity contribution in [2.75, 3.05) is 27.3 Å². The zero-order valence-corrected chi connectivity index (χ0v) is 17.3. The van der Waals surface area contributed by atoms with Gasteiger partial charge in [0.25, 0.3) is 0 Å². The summed E-state index contributed by atoms with van der Waals surface area (Å²) in [6.45, 7) is 2.83. The second kappa shape index (κ2) is 8.83. The summed E-state index contributed by atoms with van der Waals surface area (Å²) in [6.07, 6.45) is 3.57. The summed E-state index contributed by atoms with van der Waals surface area (Å²) < 4.78 is 11.7. The minimum Gasteiger partial charge on any atom is -0.496 e. The topological polar surface area (TPSA) is 98.6 Å². The van der Waals surface area contributed by atoms with Gasteiger partial charge in [-0.1, -0.05) is 23.4 Å². The number of benzene rings is 1. The molecule has 160 valence electrons. The Hall–Kier alpha value is -2.94. The lowest BCUT2D eigenvalue weighted by atomic mass is 9.75. The standard InChI is InChI=1S/C21H27N5O4/c1-29-19-6-4-3-5-15(19)10-22-20(27)17-12-25-8-7-14(17)9-16(25)11-26-13-18(23-24-26)21(28)30-2/h3-6,13-14,16-17H,7-12H2,1-2H3,(H,22,27)/t14-,16-,17-/m1/s1. The van der Waals surface area contributed by atoms with E-state index in [9.17, 15) is 9.59 Å². The number of carbonyl (C=O) groups excluding carboxylic acids is 2. The van der Waals surface area contributed by atoms with Gasteiger partial charge in [-0.15, -0.1) is 5.10 Å². The fraction of sp³-hybridized carbons (Fsp3) is 0.524. The highest BCUT2D eigenvalue weighted by Crippen LogP contribution is 2.37. The summed E-state index contributed by atoms with van der Waals surface area (Å²) in [4.78, 5) is 26.8. The number of nitrogens with zero attached hydrogens (tertiary/aromatic N) is 4. The predicted octanol–water partition coefficient (Wildman–Crippen LogP) is 1.10. The van der Waals surface area contributed by atoms with Crippen molar-refractivity contribution >= 4 is 11.9 Å². The van der Waals surface area contributed by atoms with Gasteiger partial charge < -0.3 is 14.8 Å². The molecule has 0 spiro atoms. The third kappa shape index (κ3) is 4.16. The molecule has 1 N–H and O–H groups in total. The number of nitrogens with one attached hydrogen (secondary N) is 1. The smallest absolute Gasteiger partial charge is 0.360 e. The van der Waals surface area contributed by atoms with Crippen LogP contribution in [0, 0.1) is 11.8 Å². The highest BCUT2D eigenvalue weighted by Gasteiger charge is 2.43. The van der Waals surface area contributed by atoms with Crippen molar-refractivity contribution in [1.29, 1.82) is 0 Å². The Bertz CT molecular complexity index is 914. The van der Waals surface area contributed by atoms with Gasteiger partial charge in [0.15, 0.2) is 5.69 Å². The molecule has 9 nitrogen and oxygen atoms in total. The van der Waals surface area contributed by atoms with Crippen LogP contribution in [0.3, 0.4) is 0 Å². The quantitative estimate of drug-likeness (QED) is 0.679. The molecule has 30 heavy (non-hydrogen) atoms. The number of hydrogen-bond acceptors (Lipinski definition) is 7. The molecule has 1 amide bonds. The number of piperidine rings is 3. The van der Waals surface area contributed by atoms with Gasteiger partial charge in [-0.2, -0.15) is 0 Å². The molecular formula is C21H27N5O4. The molecule has 3 aliphatic heterocycles. The number of fused-ring (bicyclic) bond motifs is 3. The molecule has 5 rings (SSSR count). The molecule has 4 heterocycles. The Morgan fingerprint density at radius 1 is 1.27 bits per heavy atom. The highest BCUT2D eigenvalue weighted by molar-refractivity contribution is 5.86. The Morgan fingerprint density at radius 2 is 2.10 bits per heavy atom. The number of esters is 1. The van der Waals surface area contributed by atoms with Crippen molar-refractivity contribution in [2.24, 2.45) is 11.8 Å². The van der Waals surface area contributed by atoms with Crippen molar-refractivity contribution in [3.8, 4) is 5.75 Å². The minimum absolute atomic E-state index is 0.00826. The van der Waals surface area contributed by atoms with E-state index >= 15 is 0 Å². The van der Waals surface area contributed by atoms with Crippen molar-refractivity contribution in [2.45, 2.75) is 32.0 Å². The number of methoxy groups -OCH3 is 2. The lowest BCUT2D eigenvalue weighted by Crippen LogP contribution is -2.58. The third-order valence-corrected chi connectivity index (χ3v) is 6.19. The molecule has 0 aliphatic carbocycles. The first-order valence-corrected chi connectivity index (χ1v) is 10.2. The number of aromatic nitrogens is 3. The van der Waals surface area contributed by atoms with Crippen LogP contribution in [0.2, 0.25) is 0 Å². The van der Waals surface area contributed by atoms with Gasteiger partial charge in [0.2, 0.25) is 5.91 Å². The van der Waals surface area contributed by atoms with E-state index in [2.05, 4.69) is 25.3 Å². The number of carbonyl (C=O) groups is 2. The molecule has 0 radical (unpaired) electrons. The van der Waals surface area contributed by atoms with Gasteiger partial charge in [0.1, 0.15) is 5.75 Å². The van der Waals surface area contributed by atoms with E-state index in [4.69, 9.17) is 4.74 Å². The number of para-hydroxylation sites is 1. The number of rotatable bonds is 7. The third-order valence-electron chi connectivity index (χ3n) is 6.19. The summed E-state index contributed by atoms with van der Waals surface area (Å²) in [6, 6.07) is 8.01.